The molecule has 0 aliphatic rings. The van der Waals surface area contributed by atoms with Gasteiger partial charge in [-0.25, -0.2) is 4.39 Å². The number of carboxylic acid groups (broad SMARTS) is 1. The highest BCUT2D eigenvalue weighted by molar-refractivity contribution is 5.67. The number of anilines is 2. The lowest BCUT2D eigenvalue weighted by molar-refractivity contribution is -0.136. The van der Waals surface area contributed by atoms with Gasteiger partial charge in [0, 0.05) is 12.1 Å². The summed E-state index contributed by atoms with van der Waals surface area (Å²) >= 11 is 0. The number of aliphatic carboxylic acids is 1. The van der Waals surface area contributed by atoms with Crippen LogP contribution in [-0.2, 0) is 11.2 Å². The minimum atomic E-state index is -0.883. The fourth-order valence-electron chi connectivity index (χ4n) is 1.37. The Kier molecular flexibility index (Phi) is 3.57. The SMILES string of the molecule is O=C(O)CCc1coc(Nc2ccc(F)cc2)n1. The monoisotopic (exact) mass is 250 g/mol. The Morgan fingerprint density at radius 1 is 1.39 bits per heavy atom. The zero-order chi connectivity index (χ0) is 13.0. The molecule has 2 aromatic rings. The lowest BCUT2D eigenvalue weighted by atomic mass is 10.2. The number of rotatable bonds is 5. The first-order valence-electron chi connectivity index (χ1n) is 5.32. The van der Waals surface area contributed by atoms with Crippen LogP contribution >= 0.6 is 0 Å². The molecule has 18 heavy (non-hydrogen) atoms. The van der Waals surface area contributed by atoms with Gasteiger partial charge in [-0.1, -0.05) is 0 Å². The number of aromatic nitrogens is 1. The standard InChI is InChI=1S/C12H11FN2O3/c13-8-1-3-9(4-2-8)14-12-15-10(7-18-12)5-6-11(16)17/h1-4,7H,5-6H2,(H,14,15)(H,16,17). The Bertz CT molecular complexity index is 537. The van der Waals surface area contributed by atoms with E-state index in [1.165, 1.54) is 18.4 Å². The molecule has 0 saturated heterocycles. The molecule has 6 heteroatoms. The molecule has 0 saturated carbocycles. The summed E-state index contributed by atoms with van der Waals surface area (Å²) in [5.74, 6) is -1.21. The maximum Gasteiger partial charge on any atom is 0.303 e. The predicted molar refractivity (Wildman–Crippen MR) is 62.1 cm³/mol. The fourth-order valence-corrected chi connectivity index (χ4v) is 1.37. The lowest BCUT2D eigenvalue weighted by Gasteiger charge is -2.00. The third kappa shape index (κ3) is 3.31. The second kappa shape index (κ2) is 5.31. The minimum absolute atomic E-state index is 0.00250. The number of oxazole rings is 1. The summed E-state index contributed by atoms with van der Waals surface area (Å²) in [5, 5.41) is 11.4. The Hall–Kier alpha value is -2.37. The van der Waals surface area contributed by atoms with Gasteiger partial charge >= 0.3 is 5.97 Å². The number of nitrogens with one attached hydrogen (secondary N) is 1. The third-order valence-corrected chi connectivity index (χ3v) is 2.24. The number of carbonyl (C=O) groups is 1. The van der Waals surface area contributed by atoms with Crippen LogP contribution < -0.4 is 5.32 Å². The summed E-state index contributed by atoms with van der Waals surface area (Å²) in [5.41, 5.74) is 1.20. The first-order chi connectivity index (χ1) is 8.63. The molecule has 0 aliphatic carbocycles. The van der Waals surface area contributed by atoms with Crippen molar-refractivity contribution in [3.63, 3.8) is 0 Å². The summed E-state index contributed by atoms with van der Waals surface area (Å²) in [6.07, 6.45) is 1.71. The molecule has 2 N–H and O–H groups in total. The van der Waals surface area contributed by atoms with Crippen LogP contribution in [0.4, 0.5) is 16.1 Å². The van der Waals surface area contributed by atoms with E-state index in [1.807, 2.05) is 0 Å². The molecule has 1 heterocycles. The van der Waals surface area contributed by atoms with Crippen LogP contribution in [-0.4, -0.2) is 16.1 Å². The van der Waals surface area contributed by atoms with Gasteiger partial charge in [-0.3, -0.25) is 4.79 Å². The number of carboxylic acids is 1. The van der Waals surface area contributed by atoms with Gasteiger partial charge in [0.1, 0.15) is 12.1 Å². The van der Waals surface area contributed by atoms with Gasteiger partial charge in [0.2, 0.25) is 0 Å². The van der Waals surface area contributed by atoms with Crippen LogP contribution in [0.3, 0.4) is 0 Å². The molecule has 1 aromatic carbocycles. The van der Waals surface area contributed by atoms with E-state index in [0.29, 0.717) is 17.8 Å². The van der Waals surface area contributed by atoms with E-state index in [9.17, 15) is 9.18 Å². The third-order valence-electron chi connectivity index (χ3n) is 2.24. The van der Waals surface area contributed by atoms with E-state index in [-0.39, 0.29) is 18.3 Å². The fraction of sp³-hybridized carbons (Fsp3) is 0.167. The summed E-state index contributed by atoms with van der Waals surface area (Å²) in [6, 6.07) is 5.99. The van der Waals surface area contributed by atoms with Gasteiger partial charge < -0.3 is 14.8 Å². The number of hydrogen-bond acceptors (Lipinski definition) is 4. The average Bonchev–Trinajstić information content (AvgIpc) is 2.77. The molecule has 94 valence electrons. The number of aryl methyl sites for hydroxylation is 1. The zero-order valence-corrected chi connectivity index (χ0v) is 9.39. The van der Waals surface area contributed by atoms with Crippen LogP contribution in [0.15, 0.2) is 34.9 Å². The predicted octanol–water partition coefficient (Wildman–Crippen LogP) is 2.57. The summed E-state index contributed by atoms with van der Waals surface area (Å²) in [4.78, 5) is 14.5. The Morgan fingerprint density at radius 2 is 2.11 bits per heavy atom. The molecule has 0 amide bonds. The quantitative estimate of drug-likeness (QED) is 0.853. The van der Waals surface area contributed by atoms with Crippen molar-refractivity contribution in [2.24, 2.45) is 0 Å². The normalized spacial score (nSPS) is 10.3. The van der Waals surface area contributed by atoms with Crippen molar-refractivity contribution in [1.82, 2.24) is 4.98 Å². The van der Waals surface area contributed by atoms with E-state index in [1.54, 1.807) is 12.1 Å². The Balaban J connectivity index is 1.97. The minimum Gasteiger partial charge on any atom is -0.481 e. The molecule has 0 radical (unpaired) electrons. The number of halogens is 1. The van der Waals surface area contributed by atoms with E-state index in [2.05, 4.69) is 10.3 Å². The highest BCUT2D eigenvalue weighted by Gasteiger charge is 2.06. The number of nitrogens with zero attached hydrogens (tertiary/aromatic N) is 1. The summed E-state index contributed by atoms with van der Waals surface area (Å²) in [6.45, 7) is 0. The van der Waals surface area contributed by atoms with Gasteiger partial charge in [0.05, 0.1) is 12.1 Å². The highest BCUT2D eigenvalue weighted by Crippen LogP contribution is 2.16. The number of benzene rings is 1. The van der Waals surface area contributed by atoms with Crippen LogP contribution in [0.25, 0.3) is 0 Å². The van der Waals surface area contributed by atoms with Crippen molar-refractivity contribution >= 4 is 17.7 Å². The first-order valence-corrected chi connectivity index (χ1v) is 5.32. The van der Waals surface area contributed by atoms with E-state index < -0.39 is 5.97 Å². The van der Waals surface area contributed by atoms with E-state index >= 15 is 0 Å². The molecule has 0 fully saturated rings. The largest absolute Gasteiger partial charge is 0.481 e. The van der Waals surface area contributed by atoms with Gasteiger partial charge in [-0.2, -0.15) is 4.98 Å². The van der Waals surface area contributed by atoms with Crippen LogP contribution in [0, 0.1) is 5.82 Å². The van der Waals surface area contributed by atoms with E-state index in [0.717, 1.165) is 0 Å². The molecule has 1 aromatic heterocycles. The molecular formula is C12H11FN2O3. The Labute approximate surface area is 102 Å². The van der Waals surface area contributed by atoms with Crippen molar-refractivity contribution in [3.05, 3.63) is 42.0 Å². The van der Waals surface area contributed by atoms with E-state index in [4.69, 9.17) is 9.52 Å². The van der Waals surface area contributed by atoms with Crippen LogP contribution in [0.5, 0.6) is 0 Å². The maximum absolute atomic E-state index is 12.7. The van der Waals surface area contributed by atoms with Crippen molar-refractivity contribution in [1.29, 1.82) is 0 Å². The summed E-state index contributed by atoms with van der Waals surface area (Å²) in [7, 11) is 0. The van der Waals surface area contributed by atoms with Gasteiger partial charge in [-0.05, 0) is 24.3 Å². The molecule has 0 aliphatic heterocycles. The smallest absolute Gasteiger partial charge is 0.303 e. The second-order valence-corrected chi connectivity index (χ2v) is 3.67. The lowest BCUT2D eigenvalue weighted by Crippen LogP contribution is -1.98. The molecule has 0 atom stereocenters. The molecule has 0 spiro atoms. The first kappa shape index (κ1) is 12.1. The van der Waals surface area contributed by atoms with Gasteiger partial charge in [0.15, 0.2) is 0 Å². The van der Waals surface area contributed by atoms with Gasteiger partial charge in [-0.15, -0.1) is 0 Å². The maximum atomic E-state index is 12.7. The topological polar surface area (TPSA) is 75.4 Å². The molecule has 0 bridgehead atoms. The van der Waals surface area contributed by atoms with Crippen molar-refractivity contribution in [2.75, 3.05) is 5.32 Å². The molecule has 0 unspecified atom stereocenters. The van der Waals surface area contributed by atoms with Gasteiger partial charge in [0.25, 0.3) is 6.01 Å². The molecule has 5 nitrogen and oxygen atoms in total. The number of hydrogen-bond donors (Lipinski definition) is 2. The second-order valence-electron chi connectivity index (χ2n) is 3.67. The Morgan fingerprint density at radius 3 is 2.78 bits per heavy atom. The van der Waals surface area contributed by atoms with Crippen LogP contribution in [0.2, 0.25) is 0 Å². The van der Waals surface area contributed by atoms with Crippen molar-refractivity contribution in [2.45, 2.75) is 12.8 Å². The molecular weight excluding hydrogens is 239 g/mol. The average molecular weight is 250 g/mol. The van der Waals surface area contributed by atoms with Crippen molar-refractivity contribution < 1.29 is 18.7 Å². The van der Waals surface area contributed by atoms with Crippen molar-refractivity contribution in [3.8, 4) is 0 Å². The zero-order valence-electron chi connectivity index (χ0n) is 9.39. The van der Waals surface area contributed by atoms with Crippen LogP contribution in [0.1, 0.15) is 12.1 Å². The molecule has 2 rings (SSSR count). The summed E-state index contributed by atoms with van der Waals surface area (Å²) < 4.78 is 17.8. The highest BCUT2D eigenvalue weighted by atomic mass is 19.1.